The van der Waals surface area contributed by atoms with Gasteiger partial charge >= 0.3 is 0 Å². The predicted octanol–water partition coefficient (Wildman–Crippen LogP) is -0.0347. The summed E-state index contributed by atoms with van der Waals surface area (Å²) < 4.78 is 5.26. The van der Waals surface area contributed by atoms with Gasteiger partial charge in [-0.25, -0.2) is 0 Å². The number of morpholine rings is 1. The number of carbonyl (C=O) groups is 1. The highest BCUT2D eigenvalue weighted by Gasteiger charge is 2.11. The van der Waals surface area contributed by atoms with Gasteiger partial charge in [0.2, 0.25) is 5.91 Å². The van der Waals surface area contributed by atoms with Gasteiger partial charge < -0.3 is 15.4 Å². The van der Waals surface area contributed by atoms with Crippen LogP contribution in [0.3, 0.4) is 0 Å². The molecule has 98 valence electrons. The van der Waals surface area contributed by atoms with Crippen molar-refractivity contribution in [3.63, 3.8) is 0 Å². The molecular formula is C11H21N3O2S. The van der Waals surface area contributed by atoms with E-state index in [1.165, 1.54) is 0 Å². The Bertz CT molecular complexity index is 265. The van der Waals surface area contributed by atoms with Gasteiger partial charge in [0.1, 0.15) is 0 Å². The average Bonchev–Trinajstić information content (AvgIpc) is 2.30. The van der Waals surface area contributed by atoms with Crippen molar-refractivity contribution in [1.82, 2.24) is 15.5 Å². The van der Waals surface area contributed by atoms with Crippen molar-refractivity contribution in [2.45, 2.75) is 13.8 Å². The van der Waals surface area contributed by atoms with Gasteiger partial charge in [-0.05, 0) is 12.2 Å². The Balaban J connectivity index is 2.09. The van der Waals surface area contributed by atoms with Crippen LogP contribution >= 0.6 is 12.2 Å². The SMILES string of the molecule is CC(C)C(=O)NC(=S)NCCN1CCOCC1. The van der Waals surface area contributed by atoms with Crippen LogP contribution in [0.1, 0.15) is 13.8 Å². The van der Waals surface area contributed by atoms with Crippen molar-refractivity contribution in [2.24, 2.45) is 5.92 Å². The van der Waals surface area contributed by atoms with Gasteiger partial charge in [0.15, 0.2) is 5.11 Å². The third-order valence-corrected chi connectivity index (χ3v) is 2.82. The molecule has 0 radical (unpaired) electrons. The van der Waals surface area contributed by atoms with E-state index in [4.69, 9.17) is 17.0 Å². The van der Waals surface area contributed by atoms with E-state index in [1.807, 2.05) is 13.8 Å². The van der Waals surface area contributed by atoms with E-state index in [1.54, 1.807) is 0 Å². The summed E-state index contributed by atoms with van der Waals surface area (Å²) in [5.41, 5.74) is 0. The van der Waals surface area contributed by atoms with E-state index < -0.39 is 0 Å². The molecule has 0 bridgehead atoms. The smallest absolute Gasteiger partial charge is 0.228 e. The van der Waals surface area contributed by atoms with Crippen LogP contribution in [0.5, 0.6) is 0 Å². The molecule has 1 aliphatic rings. The summed E-state index contributed by atoms with van der Waals surface area (Å²) in [6, 6.07) is 0. The van der Waals surface area contributed by atoms with Crippen LogP contribution in [0.25, 0.3) is 0 Å². The van der Waals surface area contributed by atoms with Gasteiger partial charge in [-0.15, -0.1) is 0 Å². The lowest BCUT2D eigenvalue weighted by molar-refractivity contribution is -0.122. The lowest BCUT2D eigenvalue weighted by Crippen LogP contribution is -2.45. The number of nitrogens with zero attached hydrogens (tertiary/aromatic N) is 1. The largest absolute Gasteiger partial charge is 0.379 e. The molecule has 1 saturated heterocycles. The zero-order valence-corrected chi connectivity index (χ0v) is 11.3. The Labute approximate surface area is 108 Å². The fourth-order valence-electron chi connectivity index (χ4n) is 1.45. The summed E-state index contributed by atoms with van der Waals surface area (Å²) in [6.07, 6.45) is 0. The van der Waals surface area contributed by atoms with Gasteiger partial charge in [-0.1, -0.05) is 13.8 Å². The highest BCUT2D eigenvalue weighted by atomic mass is 32.1. The molecule has 1 heterocycles. The van der Waals surface area contributed by atoms with Gasteiger partial charge in [0.25, 0.3) is 0 Å². The highest BCUT2D eigenvalue weighted by Crippen LogP contribution is 1.94. The Morgan fingerprint density at radius 1 is 1.41 bits per heavy atom. The van der Waals surface area contributed by atoms with E-state index in [0.717, 1.165) is 39.4 Å². The molecule has 1 aliphatic heterocycles. The molecule has 1 amide bonds. The number of carbonyl (C=O) groups excluding carboxylic acids is 1. The Morgan fingerprint density at radius 2 is 2.06 bits per heavy atom. The predicted molar refractivity (Wildman–Crippen MR) is 70.8 cm³/mol. The first kappa shape index (κ1) is 14.3. The van der Waals surface area contributed by atoms with Crippen LogP contribution < -0.4 is 10.6 Å². The molecule has 0 saturated carbocycles. The number of amides is 1. The van der Waals surface area contributed by atoms with Gasteiger partial charge in [-0.3, -0.25) is 9.69 Å². The minimum absolute atomic E-state index is 0.0472. The number of hydrogen-bond acceptors (Lipinski definition) is 4. The molecule has 0 aromatic carbocycles. The second kappa shape index (κ2) is 7.58. The molecule has 17 heavy (non-hydrogen) atoms. The van der Waals surface area contributed by atoms with E-state index >= 15 is 0 Å². The zero-order chi connectivity index (χ0) is 12.7. The summed E-state index contributed by atoms with van der Waals surface area (Å²) in [4.78, 5) is 13.7. The first-order chi connectivity index (χ1) is 8.09. The normalized spacial score (nSPS) is 16.9. The molecule has 0 aromatic heterocycles. The van der Waals surface area contributed by atoms with E-state index in [9.17, 15) is 4.79 Å². The molecule has 1 rings (SSSR count). The van der Waals surface area contributed by atoms with Crippen molar-refractivity contribution >= 4 is 23.2 Å². The Hall–Kier alpha value is -0.720. The summed E-state index contributed by atoms with van der Waals surface area (Å²) in [5, 5.41) is 6.10. The van der Waals surface area contributed by atoms with Crippen LogP contribution in [-0.2, 0) is 9.53 Å². The molecule has 0 aromatic rings. The molecule has 1 fully saturated rings. The van der Waals surface area contributed by atoms with Crippen molar-refractivity contribution in [3.8, 4) is 0 Å². The fraction of sp³-hybridized carbons (Fsp3) is 0.818. The standard InChI is InChI=1S/C11H21N3O2S/c1-9(2)10(15)13-11(17)12-3-4-14-5-7-16-8-6-14/h9H,3-8H2,1-2H3,(H2,12,13,15,17). The van der Waals surface area contributed by atoms with E-state index in [-0.39, 0.29) is 11.8 Å². The van der Waals surface area contributed by atoms with Crippen LogP contribution in [0.4, 0.5) is 0 Å². The number of rotatable bonds is 4. The molecule has 0 aliphatic carbocycles. The summed E-state index contributed by atoms with van der Waals surface area (Å²) in [6.45, 7) is 8.87. The van der Waals surface area contributed by atoms with Crippen molar-refractivity contribution < 1.29 is 9.53 Å². The maximum Gasteiger partial charge on any atom is 0.228 e. The first-order valence-corrected chi connectivity index (χ1v) is 6.39. The Morgan fingerprint density at radius 3 is 2.65 bits per heavy atom. The highest BCUT2D eigenvalue weighted by molar-refractivity contribution is 7.80. The van der Waals surface area contributed by atoms with Gasteiger partial charge in [0.05, 0.1) is 13.2 Å². The minimum Gasteiger partial charge on any atom is -0.379 e. The van der Waals surface area contributed by atoms with E-state index in [2.05, 4.69) is 15.5 Å². The molecule has 0 unspecified atom stereocenters. The lowest BCUT2D eigenvalue weighted by atomic mass is 10.2. The van der Waals surface area contributed by atoms with Crippen LogP contribution in [0.15, 0.2) is 0 Å². The minimum atomic E-state index is -0.0473. The zero-order valence-electron chi connectivity index (χ0n) is 10.5. The summed E-state index contributed by atoms with van der Waals surface area (Å²) in [5.74, 6) is -0.0946. The maximum absolute atomic E-state index is 11.4. The maximum atomic E-state index is 11.4. The quantitative estimate of drug-likeness (QED) is 0.694. The average molecular weight is 259 g/mol. The molecule has 6 heteroatoms. The topological polar surface area (TPSA) is 53.6 Å². The summed E-state index contributed by atoms with van der Waals surface area (Å²) >= 11 is 5.03. The Kier molecular flexibility index (Phi) is 6.39. The molecule has 2 N–H and O–H groups in total. The van der Waals surface area contributed by atoms with Gasteiger partial charge in [0, 0.05) is 32.1 Å². The molecular weight excluding hydrogens is 238 g/mol. The third-order valence-electron chi connectivity index (χ3n) is 2.58. The number of ether oxygens (including phenoxy) is 1. The molecule has 0 spiro atoms. The van der Waals surface area contributed by atoms with Crippen molar-refractivity contribution in [3.05, 3.63) is 0 Å². The molecule has 5 nitrogen and oxygen atoms in total. The second-order valence-corrected chi connectivity index (χ2v) is 4.76. The number of nitrogens with one attached hydrogen (secondary N) is 2. The monoisotopic (exact) mass is 259 g/mol. The second-order valence-electron chi connectivity index (χ2n) is 4.35. The van der Waals surface area contributed by atoms with Crippen molar-refractivity contribution in [2.75, 3.05) is 39.4 Å². The van der Waals surface area contributed by atoms with Crippen LogP contribution in [-0.4, -0.2) is 55.3 Å². The third kappa shape index (κ3) is 5.95. The van der Waals surface area contributed by atoms with Crippen molar-refractivity contribution in [1.29, 1.82) is 0 Å². The van der Waals surface area contributed by atoms with Gasteiger partial charge in [-0.2, -0.15) is 0 Å². The lowest BCUT2D eigenvalue weighted by Gasteiger charge is -2.26. The fourth-order valence-corrected chi connectivity index (χ4v) is 1.66. The first-order valence-electron chi connectivity index (χ1n) is 5.98. The summed E-state index contributed by atoms with van der Waals surface area (Å²) in [7, 11) is 0. The van der Waals surface area contributed by atoms with E-state index in [0.29, 0.717) is 5.11 Å². The number of thiocarbonyl (C=S) groups is 1. The molecule has 0 atom stereocenters. The number of hydrogen-bond donors (Lipinski definition) is 2. The van der Waals surface area contributed by atoms with Crippen LogP contribution in [0, 0.1) is 5.92 Å². The van der Waals surface area contributed by atoms with Crippen LogP contribution in [0.2, 0.25) is 0 Å².